The monoisotopic (exact) mass is 499 g/mol. The molecule has 0 bridgehead atoms. The number of nitrogens with zero attached hydrogens (tertiary/aromatic N) is 5. The van der Waals surface area contributed by atoms with E-state index < -0.39 is 5.60 Å². The van der Waals surface area contributed by atoms with Crippen molar-refractivity contribution in [1.29, 1.82) is 0 Å². The van der Waals surface area contributed by atoms with Gasteiger partial charge in [0, 0.05) is 19.0 Å². The Balaban J connectivity index is 1.20. The molecule has 2 aliphatic rings. The van der Waals surface area contributed by atoms with E-state index in [-0.39, 0.29) is 23.9 Å². The highest BCUT2D eigenvalue weighted by Crippen LogP contribution is 2.33. The van der Waals surface area contributed by atoms with Gasteiger partial charge in [0.2, 0.25) is 5.91 Å². The van der Waals surface area contributed by atoms with E-state index in [1.807, 2.05) is 53.4 Å². The van der Waals surface area contributed by atoms with Crippen molar-refractivity contribution in [2.75, 3.05) is 20.2 Å². The van der Waals surface area contributed by atoms with Crippen LogP contribution in [0.3, 0.4) is 0 Å². The van der Waals surface area contributed by atoms with Gasteiger partial charge < -0.3 is 14.7 Å². The number of fused-ring (bicyclic) bond motifs is 1. The maximum absolute atomic E-state index is 13.2. The van der Waals surface area contributed by atoms with E-state index >= 15 is 0 Å². The second kappa shape index (κ2) is 9.15. The Kier molecular flexibility index (Phi) is 5.79. The number of hydrogen-bond acceptors (Lipinski definition) is 6. The van der Waals surface area contributed by atoms with Crippen LogP contribution in [0.25, 0.3) is 27.8 Å². The quantitative estimate of drug-likeness (QED) is 0.438. The first-order valence-electron chi connectivity index (χ1n) is 12.6. The van der Waals surface area contributed by atoms with Crippen molar-refractivity contribution in [3.05, 3.63) is 71.4 Å². The molecule has 1 saturated heterocycles. The van der Waals surface area contributed by atoms with Crippen LogP contribution in [0, 0.1) is 5.92 Å². The summed E-state index contributed by atoms with van der Waals surface area (Å²) in [5, 5.41) is 16.0. The molecule has 0 spiro atoms. The van der Waals surface area contributed by atoms with Gasteiger partial charge in [-0.15, -0.1) is 0 Å². The van der Waals surface area contributed by atoms with Gasteiger partial charge in [-0.25, -0.2) is 9.67 Å². The van der Waals surface area contributed by atoms with E-state index in [1.165, 1.54) is 17.1 Å². The minimum atomic E-state index is -1.05. The number of carbonyl (C=O) groups excluding carboxylic acids is 1. The lowest BCUT2D eigenvalue weighted by Gasteiger charge is -2.38. The topological polar surface area (TPSA) is 102 Å². The van der Waals surface area contributed by atoms with Crippen molar-refractivity contribution in [3.8, 4) is 22.6 Å². The number of likely N-dealkylation sites (tertiary alicyclic amines) is 1. The van der Waals surface area contributed by atoms with E-state index in [4.69, 9.17) is 4.74 Å². The Morgan fingerprint density at radius 3 is 2.32 bits per heavy atom. The zero-order valence-electron chi connectivity index (χ0n) is 20.7. The van der Waals surface area contributed by atoms with E-state index in [1.54, 1.807) is 11.8 Å². The molecular weight excluding hydrogens is 470 g/mol. The summed E-state index contributed by atoms with van der Waals surface area (Å²) in [6.07, 6.45) is 5.83. The first-order chi connectivity index (χ1) is 17.9. The lowest BCUT2D eigenvalue weighted by Crippen LogP contribution is -2.50. The normalized spacial score (nSPS) is 17.2. The highest BCUT2D eigenvalue weighted by atomic mass is 16.5. The fraction of sp³-hybridized carbons (Fsp3) is 0.357. The number of aromatic nitrogens is 4. The summed E-state index contributed by atoms with van der Waals surface area (Å²) in [5.41, 5.74) is 2.09. The zero-order chi connectivity index (χ0) is 25.6. The summed E-state index contributed by atoms with van der Waals surface area (Å²) in [5.74, 6) is 1.18. The average molecular weight is 500 g/mol. The van der Waals surface area contributed by atoms with E-state index in [0.29, 0.717) is 37.0 Å². The number of methoxy groups -OCH3 is 1. The SMILES string of the molecule is COc1ccc(-c2ccc(-n3ncc4c(=O)n(CC5(O)CCN(C(=O)C6CC6)CC5)cnc43)cc2)cc1. The lowest BCUT2D eigenvalue weighted by molar-refractivity contribution is -0.137. The third-order valence-corrected chi connectivity index (χ3v) is 7.49. The fourth-order valence-corrected chi connectivity index (χ4v) is 5.04. The van der Waals surface area contributed by atoms with E-state index in [2.05, 4.69) is 10.1 Å². The van der Waals surface area contributed by atoms with Gasteiger partial charge in [-0.05, 0) is 61.1 Å². The molecule has 2 aromatic carbocycles. The predicted molar refractivity (Wildman–Crippen MR) is 139 cm³/mol. The molecule has 0 unspecified atom stereocenters. The molecular formula is C28H29N5O4. The molecule has 9 nitrogen and oxygen atoms in total. The number of carbonyl (C=O) groups is 1. The molecule has 0 radical (unpaired) electrons. The van der Waals surface area contributed by atoms with Crippen LogP contribution in [0.4, 0.5) is 0 Å². The fourth-order valence-electron chi connectivity index (χ4n) is 5.04. The van der Waals surface area contributed by atoms with E-state index in [9.17, 15) is 14.7 Å². The minimum absolute atomic E-state index is 0.141. The maximum atomic E-state index is 13.2. The Bertz CT molecular complexity index is 1490. The predicted octanol–water partition coefficient (Wildman–Crippen LogP) is 3.02. The second-order valence-corrected chi connectivity index (χ2v) is 10.1. The van der Waals surface area contributed by atoms with Crippen molar-refractivity contribution < 1.29 is 14.6 Å². The van der Waals surface area contributed by atoms with Crippen molar-refractivity contribution >= 4 is 16.9 Å². The zero-order valence-corrected chi connectivity index (χ0v) is 20.7. The number of rotatable bonds is 6. The molecule has 1 N–H and O–H groups in total. The summed E-state index contributed by atoms with van der Waals surface area (Å²) >= 11 is 0. The molecule has 1 aliphatic heterocycles. The van der Waals surface area contributed by atoms with Gasteiger partial charge in [0.1, 0.15) is 17.5 Å². The van der Waals surface area contributed by atoms with Crippen LogP contribution in [0.5, 0.6) is 5.75 Å². The summed E-state index contributed by atoms with van der Waals surface area (Å²) < 4.78 is 8.33. The molecule has 0 atom stereocenters. The number of hydrogen-bond donors (Lipinski definition) is 1. The van der Waals surface area contributed by atoms with Crippen LogP contribution in [0.1, 0.15) is 25.7 Å². The van der Waals surface area contributed by atoms with Crippen molar-refractivity contribution in [3.63, 3.8) is 0 Å². The van der Waals surface area contributed by atoms with Gasteiger partial charge in [-0.3, -0.25) is 14.2 Å². The van der Waals surface area contributed by atoms with Crippen LogP contribution >= 0.6 is 0 Å². The first-order valence-corrected chi connectivity index (χ1v) is 12.6. The van der Waals surface area contributed by atoms with E-state index in [0.717, 1.165) is 35.4 Å². The summed E-state index contributed by atoms with van der Waals surface area (Å²) in [6.45, 7) is 1.17. The molecule has 3 heterocycles. The van der Waals surface area contributed by atoms with Crippen LogP contribution < -0.4 is 10.3 Å². The molecule has 2 fully saturated rings. The third kappa shape index (κ3) is 4.51. The van der Waals surface area contributed by atoms with Crippen LogP contribution in [0.15, 0.2) is 65.8 Å². The average Bonchev–Trinajstić information content (AvgIpc) is 3.69. The highest BCUT2D eigenvalue weighted by Gasteiger charge is 2.39. The molecule has 1 saturated carbocycles. The van der Waals surface area contributed by atoms with Gasteiger partial charge in [0.05, 0.1) is 31.1 Å². The number of ether oxygens (including phenoxy) is 1. The highest BCUT2D eigenvalue weighted by molar-refractivity contribution is 5.81. The van der Waals surface area contributed by atoms with Crippen LogP contribution in [0.2, 0.25) is 0 Å². The Hall–Kier alpha value is -3.98. The van der Waals surface area contributed by atoms with Crippen molar-refractivity contribution in [1.82, 2.24) is 24.2 Å². The second-order valence-electron chi connectivity index (χ2n) is 10.1. The largest absolute Gasteiger partial charge is 0.497 e. The third-order valence-electron chi connectivity index (χ3n) is 7.49. The molecule has 6 rings (SSSR count). The molecule has 9 heteroatoms. The Morgan fingerprint density at radius 1 is 1.05 bits per heavy atom. The van der Waals surface area contributed by atoms with Gasteiger partial charge in [0.25, 0.3) is 5.56 Å². The number of aliphatic hydroxyl groups is 1. The summed E-state index contributed by atoms with van der Waals surface area (Å²) in [7, 11) is 1.64. The smallest absolute Gasteiger partial charge is 0.264 e. The lowest BCUT2D eigenvalue weighted by atomic mass is 9.91. The first kappa shape index (κ1) is 23.4. The number of piperidine rings is 1. The molecule has 37 heavy (non-hydrogen) atoms. The summed E-state index contributed by atoms with van der Waals surface area (Å²) in [6, 6.07) is 15.7. The van der Waals surface area contributed by atoms with Crippen molar-refractivity contribution in [2.45, 2.75) is 37.8 Å². The number of amides is 1. The van der Waals surface area contributed by atoms with Gasteiger partial charge in [-0.1, -0.05) is 24.3 Å². The van der Waals surface area contributed by atoms with Gasteiger partial charge in [0.15, 0.2) is 5.65 Å². The standard InChI is InChI=1S/C28H29N5O4/c1-37-23-10-6-20(7-11-23)19-4-8-22(9-5-19)33-25-24(16-30-33)27(35)32(18-29-25)17-28(36)12-14-31(15-13-28)26(34)21-2-3-21/h4-11,16,18,21,36H,2-3,12-15,17H2,1H3. The Labute approximate surface area is 213 Å². The number of benzene rings is 2. The minimum Gasteiger partial charge on any atom is -0.497 e. The molecule has 1 amide bonds. The molecule has 4 aromatic rings. The van der Waals surface area contributed by atoms with Gasteiger partial charge in [-0.2, -0.15) is 5.10 Å². The molecule has 1 aliphatic carbocycles. The molecule has 190 valence electrons. The van der Waals surface area contributed by atoms with Gasteiger partial charge >= 0.3 is 0 Å². The van der Waals surface area contributed by atoms with Crippen molar-refractivity contribution in [2.24, 2.45) is 5.92 Å². The summed E-state index contributed by atoms with van der Waals surface area (Å²) in [4.78, 5) is 31.9. The molecule has 2 aromatic heterocycles. The maximum Gasteiger partial charge on any atom is 0.264 e. The Morgan fingerprint density at radius 2 is 1.70 bits per heavy atom. The van der Waals surface area contributed by atoms with Crippen LogP contribution in [-0.2, 0) is 11.3 Å². The van der Waals surface area contributed by atoms with Crippen LogP contribution in [-0.4, -0.2) is 61.0 Å².